The minimum absolute atomic E-state index is 0.0989. The number of ether oxygens (including phenoxy) is 1. The average molecular weight is 160 g/mol. The average Bonchev–Trinajstić information content (AvgIpc) is 2.18. The van der Waals surface area contributed by atoms with E-state index in [-0.39, 0.29) is 18.8 Å². The Morgan fingerprint density at radius 2 is 2.18 bits per heavy atom. The molecular weight excluding hydrogens is 144 g/mol. The monoisotopic (exact) mass is 160 g/mol. The smallest absolute Gasteiger partial charge is 0.0855 e. The van der Waals surface area contributed by atoms with Crippen molar-refractivity contribution in [3.05, 3.63) is 0 Å². The molecule has 0 saturated carbocycles. The van der Waals surface area contributed by atoms with Gasteiger partial charge in [-0.15, -0.1) is 0 Å². The zero-order valence-electron chi connectivity index (χ0n) is 6.70. The van der Waals surface area contributed by atoms with Crippen molar-refractivity contribution in [3.8, 4) is 0 Å². The van der Waals surface area contributed by atoms with Crippen LogP contribution < -0.4 is 0 Å². The summed E-state index contributed by atoms with van der Waals surface area (Å²) in [7, 11) is 0. The molecule has 1 heterocycles. The lowest BCUT2D eigenvalue weighted by atomic mass is 10.1. The van der Waals surface area contributed by atoms with Crippen molar-refractivity contribution in [2.24, 2.45) is 0 Å². The summed E-state index contributed by atoms with van der Waals surface area (Å²) >= 11 is 0. The number of aliphatic hydroxyl groups is 2. The van der Waals surface area contributed by atoms with Gasteiger partial charge >= 0.3 is 0 Å². The zero-order chi connectivity index (χ0) is 8.10. The van der Waals surface area contributed by atoms with Crippen LogP contribution in [-0.2, 0) is 4.74 Å². The second kappa shape index (κ2) is 4.70. The van der Waals surface area contributed by atoms with Gasteiger partial charge in [-0.1, -0.05) is 0 Å². The molecule has 0 amide bonds. The fraction of sp³-hybridized carbons (Fsp3) is 1.00. The maximum atomic E-state index is 9.44. The molecule has 0 bridgehead atoms. The Morgan fingerprint density at radius 1 is 1.36 bits per heavy atom. The maximum Gasteiger partial charge on any atom is 0.0855 e. The van der Waals surface area contributed by atoms with Crippen molar-refractivity contribution in [1.82, 2.24) is 0 Å². The molecular formula is C8H16O3. The molecule has 3 heteroatoms. The summed E-state index contributed by atoms with van der Waals surface area (Å²) in [6.45, 7) is 0.823. The van der Waals surface area contributed by atoms with E-state index in [4.69, 9.17) is 9.84 Å². The zero-order valence-corrected chi connectivity index (χ0v) is 6.70. The van der Waals surface area contributed by atoms with Gasteiger partial charge in [0.15, 0.2) is 0 Å². The molecule has 0 radical (unpaired) electrons. The minimum Gasteiger partial charge on any atom is -0.396 e. The molecule has 0 aromatic carbocycles. The third kappa shape index (κ3) is 2.77. The first-order valence-corrected chi connectivity index (χ1v) is 4.25. The highest BCUT2D eigenvalue weighted by atomic mass is 16.5. The maximum absolute atomic E-state index is 9.44. The summed E-state index contributed by atoms with van der Waals surface area (Å²) in [5.41, 5.74) is 0. The van der Waals surface area contributed by atoms with E-state index < -0.39 is 0 Å². The SMILES string of the molecule is OCC[C@H]1OCCCCC1O. The molecule has 0 aromatic rings. The Balaban J connectivity index is 2.32. The van der Waals surface area contributed by atoms with Gasteiger partial charge in [-0.25, -0.2) is 0 Å². The molecule has 1 aliphatic heterocycles. The van der Waals surface area contributed by atoms with E-state index in [1.54, 1.807) is 0 Å². The van der Waals surface area contributed by atoms with Crippen molar-refractivity contribution < 1.29 is 14.9 Å². The van der Waals surface area contributed by atoms with Gasteiger partial charge in [0.1, 0.15) is 0 Å². The Hall–Kier alpha value is -0.120. The van der Waals surface area contributed by atoms with E-state index in [2.05, 4.69) is 0 Å². The van der Waals surface area contributed by atoms with Crippen LogP contribution in [0.1, 0.15) is 25.7 Å². The second-order valence-electron chi connectivity index (χ2n) is 2.98. The van der Waals surface area contributed by atoms with E-state index in [1.807, 2.05) is 0 Å². The summed E-state index contributed by atoms with van der Waals surface area (Å²) in [5.74, 6) is 0. The van der Waals surface area contributed by atoms with E-state index in [0.717, 1.165) is 25.9 Å². The van der Waals surface area contributed by atoms with Crippen LogP contribution in [0.5, 0.6) is 0 Å². The van der Waals surface area contributed by atoms with Crippen LogP contribution in [0.3, 0.4) is 0 Å². The summed E-state index contributed by atoms with van der Waals surface area (Å²) in [6.07, 6.45) is 2.92. The van der Waals surface area contributed by atoms with Gasteiger partial charge in [-0.2, -0.15) is 0 Å². The largest absolute Gasteiger partial charge is 0.396 e. The van der Waals surface area contributed by atoms with E-state index in [1.165, 1.54) is 0 Å². The highest BCUT2D eigenvalue weighted by Crippen LogP contribution is 2.15. The summed E-state index contributed by atoms with van der Waals surface area (Å²) in [6, 6.07) is 0. The highest BCUT2D eigenvalue weighted by Gasteiger charge is 2.21. The van der Waals surface area contributed by atoms with Gasteiger partial charge in [-0.05, 0) is 25.7 Å². The topological polar surface area (TPSA) is 49.7 Å². The molecule has 0 aliphatic carbocycles. The Morgan fingerprint density at radius 3 is 2.91 bits per heavy atom. The molecule has 1 unspecified atom stereocenters. The van der Waals surface area contributed by atoms with Gasteiger partial charge in [0.25, 0.3) is 0 Å². The van der Waals surface area contributed by atoms with Crippen molar-refractivity contribution in [1.29, 1.82) is 0 Å². The standard InChI is InChI=1S/C8H16O3/c9-5-4-8-7(10)3-1-2-6-11-8/h7-10H,1-6H2/t7?,8-/m1/s1. The summed E-state index contributed by atoms with van der Waals surface area (Å²) in [5, 5.41) is 18.1. The molecule has 1 aliphatic rings. The normalized spacial score (nSPS) is 33.3. The molecule has 0 aromatic heterocycles. The van der Waals surface area contributed by atoms with Crippen LogP contribution in [0.2, 0.25) is 0 Å². The molecule has 2 atom stereocenters. The number of hydrogen-bond acceptors (Lipinski definition) is 3. The van der Waals surface area contributed by atoms with E-state index in [9.17, 15) is 5.11 Å². The Labute approximate surface area is 67.0 Å². The summed E-state index contributed by atoms with van der Waals surface area (Å²) < 4.78 is 5.35. The van der Waals surface area contributed by atoms with Crippen molar-refractivity contribution >= 4 is 0 Å². The fourth-order valence-corrected chi connectivity index (χ4v) is 1.39. The first-order valence-electron chi connectivity index (χ1n) is 4.25. The van der Waals surface area contributed by atoms with Crippen molar-refractivity contribution in [3.63, 3.8) is 0 Å². The molecule has 11 heavy (non-hydrogen) atoms. The quantitative estimate of drug-likeness (QED) is 0.610. The second-order valence-corrected chi connectivity index (χ2v) is 2.98. The van der Waals surface area contributed by atoms with Gasteiger partial charge in [0.2, 0.25) is 0 Å². The number of aliphatic hydroxyl groups excluding tert-OH is 2. The van der Waals surface area contributed by atoms with Gasteiger partial charge in [0.05, 0.1) is 12.2 Å². The van der Waals surface area contributed by atoms with Crippen LogP contribution in [0.25, 0.3) is 0 Å². The van der Waals surface area contributed by atoms with Crippen LogP contribution in [-0.4, -0.2) is 35.6 Å². The highest BCUT2D eigenvalue weighted by molar-refractivity contribution is 4.71. The third-order valence-electron chi connectivity index (χ3n) is 2.07. The number of hydrogen-bond donors (Lipinski definition) is 2. The van der Waals surface area contributed by atoms with Crippen LogP contribution in [0.4, 0.5) is 0 Å². The van der Waals surface area contributed by atoms with Gasteiger partial charge < -0.3 is 14.9 Å². The lowest BCUT2D eigenvalue weighted by Gasteiger charge is -2.18. The van der Waals surface area contributed by atoms with Crippen LogP contribution in [0, 0.1) is 0 Å². The van der Waals surface area contributed by atoms with E-state index in [0.29, 0.717) is 6.42 Å². The molecule has 66 valence electrons. The van der Waals surface area contributed by atoms with Gasteiger partial charge in [0, 0.05) is 13.2 Å². The molecule has 1 fully saturated rings. The van der Waals surface area contributed by atoms with Crippen molar-refractivity contribution in [2.75, 3.05) is 13.2 Å². The summed E-state index contributed by atoms with van der Waals surface area (Å²) in [4.78, 5) is 0. The van der Waals surface area contributed by atoms with Crippen LogP contribution in [0.15, 0.2) is 0 Å². The fourth-order valence-electron chi connectivity index (χ4n) is 1.39. The van der Waals surface area contributed by atoms with Gasteiger partial charge in [-0.3, -0.25) is 0 Å². The predicted molar refractivity (Wildman–Crippen MR) is 41.3 cm³/mol. The van der Waals surface area contributed by atoms with Crippen LogP contribution >= 0.6 is 0 Å². The molecule has 2 N–H and O–H groups in total. The predicted octanol–water partition coefficient (Wildman–Crippen LogP) is 0.299. The van der Waals surface area contributed by atoms with Crippen molar-refractivity contribution in [2.45, 2.75) is 37.9 Å². The molecule has 0 spiro atoms. The Bertz CT molecular complexity index is 106. The minimum atomic E-state index is -0.371. The molecule has 1 saturated heterocycles. The first kappa shape index (κ1) is 8.97. The lowest BCUT2D eigenvalue weighted by molar-refractivity contribution is -0.0363. The van der Waals surface area contributed by atoms with E-state index >= 15 is 0 Å². The third-order valence-corrected chi connectivity index (χ3v) is 2.07. The first-order chi connectivity index (χ1) is 5.34. The Kier molecular flexibility index (Phi) is 3.83. The number of rotatable bonds is 2. The molecule has 1 rings (SSSR count). The lowest BCUT2D eigenvalue weighted by Crippen LogP contribution is -2.28. The molecule has 3 nitrogen and oxygen atoms in total.